The number of rotatable bonds is 1. The van der Waals surface area contributed by atoms with Crippen LogP contribution in [0.2, 0.25) is 0 Å². The molecule has 0 bridgehead atoms. The Bertz CT molecular complexity index is 837. The van der Waals surface area contributed by atoms with Gasteiger partial charge in [0, 0.05) is 0 Å². The van der Waals surface area contributed by atoms with Gasteiger partial charge in [-0.2, -0.15) is 0 Å². The zero-order valence-corrected chi connectivity index (χ0v) is 13.0. The fraction of sp³-hybridized carbons (Fsp3) is 0.0625. The molecule has 1 aromatic heterocycles. The summed E-state index contributed by atoms with van der Waals surface area (Å²) in [6.45, 7) is 0. The summed E-state index contributed by atoms with van der Waals surface area (Å²) >= 11 is -2.10. The van der Waals surface area contributed by atoms with E-state index in [9.17, 15) is 4.79 Å². The molecule has 0 fully saturated rings. The molecule has 0 unspecified atom stereocenters. The minimum absolute atomic E-state index is 0.170. The van der Waals surface area contributed by atoms with Gasteiger partial charge in [0.05, 0.1) is 0 Å². The number of hydrogen-bond acceptors (Lipinski definition) is 2. The zero-order chi connectivity index (χ0) is 13.7. The molecule has 100 valence electrons. The van der Waals surface area contributed by atoms with Crippen molar-refractivity contribution in [3.05, 3.63) is 67.4 Å². The van der Waals surface area contributed by atoms with Crippen molar-refractivity contribution < 1.29 is 7.86 Å². The van der Waals surface area contributed by atoms with Crippen LogP contribution in [0.1, 0.15) is 10.4 Å². The molecule has 3 aromatic rings. The van der Waals surface area contributed by atoms with E-state index in [0.29, 0.717) is 0 Å². The molecule has 0 spiro atoms. The van der Waals surface area contributed by atoms with Crippen LogP contribution in [-0.4, -0.2) is 10.5 Å². The van der Waals surface area contributed by atoms with Gasteiger partial charge in [-0.15, -0.1) is 0 Å². The van der Waals surface area contributed by atoms with Crippen molar-refractivity contribution in [2.75, 3.05) is 0 Å². The first-order chi connectivity index (χ1) is 9.75. The average Bonchev–Trinajstić information content (AvgIpc) is 2.99. The maximum absolute atomic E-state index is 12.0. The number of carbonyl (C=O) groups excluding carboxylic acids is 1. The van der Waals surface area contributed by atoms with Crippen LogP contribution in [0, 0.1) is 7.27 Å². The normalized spacial score (nSPS) is 15.4. The predicted molar refractivity (Wildman–Crippen MR) is 86.2 cm³/mol. The first-order valence-electron chi connectivity index (χ1n) is 6.32. The molecular weight excluding hydrogens is 365 g/mol. The molecule has 0 radical (unpaired) electrons. The molecule has 3 nitrogen and oxygen atoms in total. The monoisotopic (exact) mass is 377 g/mol. The molecule has 2 aromatic carbocycles. The third-order valence-corrected chi connectivity index (χ3v) is 8.37. The van der Waals surface area contributed by atoms with Gasteiger partial charge >= 0.3 is 124 Å². The van der Waals surface area contributed by atoms with Crippen molar-refractivity contribution >= 4 is 37.1 Å². The Morgan fingerprint density at radius 3 is 2.65 bits per heavy atom. The van der Waals surface area contributed by atoms with Gasteiger partial charge in [0.15, 0.2) is 0 Å². The van der Waals surface area contributed by atoms with Gasteiger partial charge in [-0.05, 0) is 0 Å². The molecule has 4 heteroatoms. The van der Waals surface area contributed by atoms with Crippen molar-refractivity contribution in [1.29, 1.82) is 0 Å². The minimum atomic E-state index is -2.10. The summed E-state index contributed by atoms with van der Waals surface area (Å²) in [5, 5.41) is 1.20. The SMILES string of the molecule is Cn1c(I2OC(=O)c3ccccc32)cc2ccccc21. The van der Waals surface area contributed by atoms with Crippen molar-refractivity contribution in [1.82, 2.24) is 4.57 Å². The predicted octanol–water partition coefficient (Wildman–Crippen LogP) is 3.81. The van der Waals surface area contributed by atoms with E-state index in [0.717, 1.165) is 12.8 Å². The number of aromatic nitrogens is 1. The summed E-state index contributed by atoms with van der Waals surface area (Å²) in [5.41, 5.74) is 1.92. The van der Waals surface area contributed by atoms with Crippen LogP contribution in [-0.2, 0) is 10.1 Å². The van der Waals surface area contributed by atoms with Gasteiger partial charge in [-0.3, -0.25) is 0 Å². The third kappa shape index (κ3) is 1.61. The van der Waals surface area contributed by atoms with Crippen LogP contribution in [0.5, 0.6) is 0 Å². The Hall–Kier alpha value is -1.82. The number of halogens is 1. The number of aryl methyl sites for hydroxylation is 1. The van der Waals surface area contributed by atoms with Crippen LogP contribution in [0.3, 0.4) is 0 Å². The molecule has 0 saturated carbocycles. The summed E-state index contributed by atoms with van der Waals surface area (Å²) < 4.78 is 10.2. The fourth-order valence-corrected chi connectivity index (χ4v) is 7.19. The number of benzene rings is 2. The molecule has 0 atom stereocenters. The van der Waals surface area contributed by atoms with Crippen LogP contribution in [0.15, 0.2) is 54.6 Å². The molecule has 4 rings (SSSR count). The van der Waals surface area contributed by atoms with Gasteiger partial charge in [-0.1, -0.05) is 0 Å². The Labute approximate surface area is 124 Å². The standard InChI is InChI=1S/C16H12INO2/c1-18-14-9-5-2-6-11(14)10-15(18)17-13-8-4-3-7-12(13)16(19)20-17/h2-10H,1H3. The Balaban J connectivity index is 1.93. The Kier molecular flexibility index (Phi) is 2.60. The van der Waals surface area contributed by atoms with Crippen LogP contribution in [0.4, 0.5) is 0 Å². The van der Waals surface area contributed by atoms with Crippen LogP contribution < -0.4 is 0 Å². The second kappa shape index (κ2) is 4.34. The van der Waals surface area contributed by atoms with Crippen molar-refractivity contribution in [2.24, 2.45) is 7.05 Å². The summed E-state index contributed by atoms with van der Waals surface area (Å²) in [6.07, 6.45) is 0. The van der Waals surface area contributed by atoms with Crippen molar-refractivity contribution in [2.45, 2.75) is 0 Å². The molecule has 0 amide bonds. The second-order valence-corrected chi connectivity index (χ2v) is 8.81. The van der Waals surface area contributed by atoms with Gasteiger partial charge in [-0.25, -0.2) is 0 Å². The van der Waals surface area contributed by atoms with E-state index in [1.165, 1.54) is 10.9 Å². The topological polar surface area (TPSA) is 31.2 Å². The van der Waals surface area contributed by atoms with E-state index >= 15 is 0 Å². The van der Waals surface area contributed by atoms with Crippen molar-refractivity contribution in [3.8, 4) is 0 Å². The summed E-state index contributed by atoms with van der Waals surface area (Å²) in [5.74, 6) is -0.170. The summed E-state index contributed by atoms with van der Waals surface area (Å²) in [7, 11) is 2.05. The molecule has 0 aliphatic carbocycles. The molecule has 1 aliphatic rings. The van der Waals surface area contributed by atoms with Crippen molar-refractivity contribution in [3.63, 3.8) is 0 Å². The Morgan fingerprint density at radius 2 is 1.80 bits per heavy atom. The summed E-state index contributed by atoms with van der Waals surface area (Å²) in [4.78, 5) is 12.0. The maximum atomic E-state index is 12.0. The first-order valence-corrected chi connectivity index (χ1v) is 9.36. The van der Waals surface area contributed by atoms with E-state index in [1.807, 2.05) is 43.4 Å². The zero-order valence-electron chi connectivity index (χ0n) is 10.8. The van der Waals surface area contributed by atoms with Crippen LogP contribution in [0.25, 0.3) is 10.9 Å². The summed E-state index contributed by atoms with van der Waals surface area (Å²) in [6, 6.07) is 18.2. The number of hydrogen-bond donors (Lipinski definition) is 0. The second-order valence-electron chi connectivity index (χ2n) is 4.68. The van der Waals surface area contributed by atoms with Gasteiger partial charge in [0.1, 0.15) is 0 Å². The van der Waals surface area contributed by atoms with E-state index in [2.05, 4.69) is 22.8 Å². The van der Waals surface area contributed by atoms with E-state index in [4.69, 9.17) is 3.07 Å². The fourth-order valence-electron chi connectivity index (χ4n) is 2.49. The van der Waals surface area contributed by atoms with Gasteiger partial charge in [0.25, 0.3) is 0 Å². The molecule has 1 aliphatic heterocycles. The molecule has 0 N–H and O–H groups in total. The number of carbonyl (C=O) groups is 1. The first kappa shape index (κ1) is 12.0. The average molecular weight is 377 g/mol. The molecule has 20 heavy (non-hydrogen) atoms. The van der Waals surface area contributed by atoms with Gasteiger partial charge in [0.2, 0.25) is 0 Å². The van der Waals surface area contributed by atoms with E-state index in [-0.39, 0.29) is 5.97 Å². The molecular formula is C16H12INO2. The number of para-hydroxylation sites is 1. The third-order valence-electron chi connectivity index (χ3n) is 3.49. The van der Waals surface area contributed by atoms with E-state index in [1.54, 1.807) is 0 Å². The van der Waals surface area contributed by atoms with Gasteiger partial charge < -0.3 is 0 Å². The Morgan fingerprint density at radius 1 is 1.05 bits per heavy atom. The number of fused-ring (bicyclic) bond motifs is 2. The molecule has 0 saturated heterocycles. The van der Waals surface area contributed by atoms with E-state index < -0.39 is 20.2 Å². The molecule has 2 heterocycles. The van der Waals surface area contributed by atoms with Crippen LogP contribution >= 0.6 is 20.2 Å². The number of nitrogens with zero attached hydrogens (tertiary/aromatic N) is 1. The quantitative estimate of drug-likeness (QED) is 0.604.